The van der Waals surface area contributed by atoms with E-state index in [0.717, 1.165) is 23.3 Å². The molecule has 1 aromatic heterocycles. The number of nitrogens with zero attached hydrogens (tertiary/aromatic N) is 2. The van der Waals surface area contributed by atoms with Gasteiger partial charge in [0.2, 0.25) is 5.91 Å². The lowest BCUT2D eigenvalue weighted by Crippen LogP contribution is -2.51. The van der Waals surface area contributed by atoms with Gasteiger partial charge in [0.15, 0.2) is 0 Å². The molecule has 2 heterocycles. The molecule has 1 amide bonds. The fraction of sp³-hybridized carbons (Fsp3) is 0.647. The smallest absolute Gasteiger partial charge is 0.379 e. The number of carbonyl (C=O) groups is 1. The van der Waals surface area contributed by atoms with E-state index in [0.29, 0.717) is 31.6 Å². The molecule has 1 aliphatic heterocycles. The van der Waals surface area contributed by atoms with Crippen molar-refractivity contribution in [2.45, 2.75) is 50.2 Å². The number of alkyl halides is 3. The lowest BCUT2D eigenvalue weighted by molar-refractivity contribution is -0.171. The minimum Gasteiger partial charge on any atom is -0.379 e. The molecule has 0 saturated carbocycles. The van der Waals surface area contributed by atoms with Crippen molar-refractivity contribution in [1.29, 1.82) is 0 Å². The monoisotopic (exact) mass is 342 g/mol. The van der Waals surface area contributed by atoms with Crippen LogP contribution in [-0.2, 0) is 16.0 Å². The highest BCUT2D eigenvalue weighted by Crippen LogP contribution is 2.33. The number of aromatic nitrogens is 1. The molecule has 0 aromatic carbocycles. The fourth-order valence-corrected chi connectivity index (χ4v) is 3.60. The molecule has 7 heteroatoms. The van der Waals surface area contributed by atoms with Gasteiger partial charge >= 0.3 is 6.18 Å². The number of hydrogen-bond donors (Lipinski definition) is 0. The molecule has 2 aliphatic rings. The van der Waals surface area contributed by atoms with Gasteiger partial charge in [-0.25, -0.2) is 0 Å². The average Bonchev–Trinajstić information content (AvgIpc) is 2.58. The summed E-state index contributed by atoms with van der Waals surface area (Å²) in [6.45, 7) is -0.513. The van der Waals surface area contributed by atoms with Crippen LogP contribution in [0.15, 0.2) is 18.3 Å². The maximum atomic E-state index is 13.0. The van der Waals surface area contributed by atoms with E-state index in [2.05, 4.69) is 4.98 Å². The largest absolute Gasteiger partial charge is 0.406 e. The SMILES string of the molecule is O=C(C1CCCc2cccnc21)N(CC(F)(F)F)C1CCCOC1. The van der Waals surface area contributed by atoms with Crippen molar-refractivity contribution in [3.8, 4) is 0 Å². The summed E-state index contributed by atoms with van der Waals surface area (Å²) in [5, 5.41) is 0. The Labute approximate surface area is 139 Å². The second-order valence-electron chi connectivity index (χ2n) is 6.44. The van der Waals surface area contributed by atoms with Gasteiger partial charge in [0.05, 0.1) is 24.3 Å². The number of hydrogen-bond acceptors (Lipinski definition) is 3. The topological polar surface area (TPSA) is 42.4 Å². The number of pyridine rings is 1. The lowest BCUT2D eigenvalue weighted by Gasteiger charge is -2.37. The normalized spacial score (nSPS) is 24.3. The highest BCUT2D eigenvalue weighted by molar-refractivity contribution is 5.84. The molecule has 3 rings (SSSR count). The van der Waals surface area contributed by atoms with Crippen LogP contribution in [0.3, 0.4) is 0 Å². The van der Waals surface area contributed by atoms with Crippen molar-refractivity contribution >= 4 is 5.91 Å². The molecule has 1 fully saturated rings. The van der Waals surface area contributed by atoms with Gasteiger partial charge in [-0.2, -0.15) is 13.2 Å². The fourth-order valence-electron chi connectivity index (χ4n) is 3.60. The van der Waals surface area contributed by atoms with Crippen molar-refractivity contribution < 1.29 is 22.7 Å². The molecule has 1 saturated heterocycles. The Hall–Kier alpha value is -1.63. The van der Waals surface area contributed by atoms with Gasteiger partial charge in [-0.15, -0.1) is 0 Å². The van der Waals surface area contributed by atoms with Crippen LogP contribution in [0.1, 0.15) is 42.9 Å². The van der Waals surface area contributed by atoms with E-state index in [4.69, 9.17) is 4.74 Å². The lowest BCUT2D eigenvalue weighted by atomic mass is 9.85. The Balaban J connectivity index is 1.85. The zero-order valence-electron chi connectivity index (χ0n) is 13.4. The standard InChI is InChI=1S/C17H21F3N2O2/c18-17(19,20)11-22(13-6-3-9-24-10-13)16(23)14-7-1-4-12-5-2-8-21-15(12)14/h2,5,8,13-14H,1,3-4,6-7,9-11H2. The van der Waals surface area contributed by atoms with E-state index in [-0.39, 0.29) is 6.61 Å². The summed E-state index contributed by atoms with van der Waals surface area (Å²) in [6, 6.07) is 3.19. The van der Waals surface area contributed by atoms with Crippen LogP contribution in [0.2, 0.25) is 0 Å². The summed E-state index contributed by atoms with van der Waals surface area (Å²) < 4.78 is 44.4. The van der Waals surface area contributed by atoms with Crippen LogP contribution in [0, 0.1) is 0 Å². The summed E-state index contributed by atoms with van der Waals surface area (Å²) in [6.07, 6.45) is 0.548. The van der Waals surface area contributed by atoms with E-state index in [1.807, 2.05) is 6.07 Å². The second-order valence-corrected chi connectivity index (χ2v) is 6.44. The molecule has 2 unspecified atom stereocenters. The average molecular weight is 342 g/mol. The van der Waals surface area contributed by atoms with E-state index in [1.165, 1.54) is 0 Å². The number of amides is 1. The Kier molecular flexibility index (Phi) is 5.08. The molecule has 1 aliphatic carbocycles. The molecule has 0 radical (unpaired) electrons. The molecular weight excluding hydrogens is 321 g/mol. The molecule has 0 spiro atoms. The highest BCUT2D eigenvalue weighted by atomic mass is 19.4. The van der Waals surface area contributed by atoms with Crippen molar-refractivity contribution in [3.63, 3.8) is 0 Å². The van der Waals surface area contributed by atoms with E-state index >= 15 is 0 Å². The summed E-state index contributed by atoms with van der Waals surface area (Å²) in [4.78, 5) is 18.2. The second kappa shape index (κ2) is 7.09. The number of halogens is 3. The van der Waals surface area contributed by atoms with Gasteiger partial charge in [0.1, 0.15) is 6.54 Å². The third-order valence-corrected chi connectivity index (χ3v) is 4.70. The minimum absolute atomic E-state index is 0.170. The van der Waals surface area contributed by atoms with Crippen LogP contribution >= 0.6 is 0 Å². The van der Waals surface area contributed by atoms with Crippen molar-refractivity contribution in [1.82, 2.24) is 9.88 Å². The summed E-state index contributed by atoms with van der Waals surface area (Å²) in [5.74, 6) is -1.05. The maximum Gasteiger partial charge on any atom is 0.406 e. The first-order valence-electron chi connectivity index (χ1n) is 8.34. The Bertz CT molecular complexity index is 585. The first-order chi connectivity index (χ1) is 11.5. The van der Waals surface area contributed by atoms with Crippen molar-refractivity contribution in [2.75, 3.05) is 19.8 Å². The van der Waals surface area contributed by atoms with E-state index in [1.54, 1.807) is 12.3 Å². The molecular formula is C17H21F3N2O2. The molecule has 0 N–H and O–H groups in total. The van der Waals surface area contributed by atoms with Crippen LogP contribution in [0.4, 0.5) is 13.2 Å². The maximum absolute atomic E-state index is 13.0. The van der Waals surface area contributed by atoms with Gasteiger partial charge in [-0.1, -0.05) is 6.07 Å². The number of aryl methyl sites for hydroxylation is 1. The van der Waals surface area contributed by atoms with Crippen LogP contribution in [0.5, 0.6) is 0 Å². The van der Waals surface area contributed by atoms with Crippen molar-refractivity contribution in [3.05, 3.63) is 29.6 Å². The molecule has 1 aromatic rings. The molecule has 132 valence electrons. The first-order valence-corrected chi connectivity index (χ1v) is 8.34. The van der Waals surface area contributed by atoms with Gasteiger partial charge in [0, 0.05) is 12.8 Å². The summed E-state index contributed by atoms with van der Waals surface area (Å²) >= 11 is 0. The predicted octanol–water partition coefficient (Wildman–Crippen LogP) is 3.07. The Morgan fingerprint density at radius 1 is 1.33 bits per heavy atom. The molecule has 2 atom stereocenters. The zero-order valence-corrected chi connectivity index (χ0v) is 13.4. The predicted molar refractivity (Wildman–Crippen MR) is 81.5 cm³/mol. The minimum atomic E-state index is -4.42. The van der Waals surface area contributed by atoms with Crippen LogP contribution in [0.25, 0.3) is 0 Å². The summed E-state index contributed by atoms with van der Waals surface area (Å²) in [7, 11) is 0. The van der Waals surface area contributed by atoms with Gasteiger partial charge < -0.3 is 9.64 Å². The third-order valence-electron chi connectivity index (χ3n) is 4.70. The number of rotatable bonds is 3. The Morgan fingerprint density at radius 3 is 2.88 bits per heavy atom. The van der Waals surface area contributed by atoms with Gasteiger partial charge in [-0.3, -0.25) is 9.78 Å². The Morgan fingerprint density at radius 2 is 2.17 bits per heavy atom. The molecule has 0 bridgehead atoms. The van der Waals surface area contributed by atoms with Gasteiger partial charge in [-0.05, 0) is 43.7 Å². The number of ether oxygens (including phenoxy) is 1. The quantitative estimate of drug-likeness (QED) is 0.848. The number of carbonyl (C=O) groups excluding carboxylic acids is 1. The van der Waals surface area contributed by atoms with Gasteiger partial charge in [0.25, 0.3) is 0 Å². The highest BCUT2D eigenvalue weighted by Gasteiger charge is 2.41. The molecule has 4 nitrogen and oxygen atoms in total. The van der Waals surface area contributed by atoms with Crippen LogP contribution in [-0.4, -0.2) is 47.8 Å². The zero-order chi connectivity index (χ0) is 17.2. The molecule has 24 heavy (non-hydrogen) atoms. The summed E-state index contributed by atoms with van der Waals surface area (Å²) in [5.41, 5.74) is 1.60. The first kappa shape index (κ1) is 17.2. The van der Waals surface area contributed by atoms with E-state index < -0.39 is 30.6 Å². The van der Waals surface area contributed by atoms with Crippen LogP contribution < -0.4 is 0 Å². The number of fused-ring (bicyclic) bond motifs is 1. The van der Waals surface area contributed by atoms with E-state index in [9.17, 15) is 18.0 Å². The third kappa shape index (κ3) is 3.88. The van der Waals surface area contributed by atoms with Crippen molar-refractivity contribution in [2.24, 2.45) is 0 Å².